The molecule has 0 unspecified atom stereocenters. The molecule has 0 amide bonds. The first kappa shape index (κ1) is 13.5. The molecule has 98 valence electrons. The van der Waals surface area contributed by atoms with E-state index in [4.69, 9.17) is 27.8 Å². The van der Waals surface area contributed by atoms with E-state index in [0.29, 0.717) is 17.3 Å². The maximum absolute atomic E-state index is 9.07. The molecule has 19 heavy (non-hydrogen) atoms. The number of benzene rings is 2. The Bertz CT molecular complexity index is 584. The van der Waals surface area contributed by atoms with Crippen LogP contribution >= 0.6 is 12.2 Å². The van der Waals surface area contributed by atoms with Gasteiger partial charge in [0.05, 0.1) is 6.61 Å². The molecular weight excluding hydrogens is 258 g/mol. The Hall–Kier alpha value is -1.91. The fourth-order valence-electron chi connectivity index (χ4n) is 1.78. The van der Waals surface area contributed by atoms with Gasteiger partial charge in [0.1, 0.15) is 17.3 Å². The van der Waals surface area contributed by atoms with Crippen LogP contribution in [0.5, 0.6) is 5.75 Å². The largest absolute Gasteiger partial charge is 0.489 e. The maximum Gasteiger partial charge on any atom is 0.120 e. The minimum Gasteiger partial charge on any atom is -0.489 e. The van der Waals surface area contributed by atoms with Crippen molar-refractivity contribution >= 4 is 17.2 Å². The highest BCUT2D eigenvalue weighted by atomic mass is 32.1. The summed E-state index contributed by atoms with van der Waals surface area (Å²) in [5, 5.41) is 9.07. The van der Waals surface area contributed by atoms with Gasteiger partial charge in [0.15, 0.2) is 0 Å². The molecule has 0 spiro atoms. The third-order valence-electron chi connectivity index (χ3n) is 2.76. The van der Waals surface area contributed by atoms with Crippen LogP contribution in [0.1, 0.15) is 16.7 Å². The van der Waals surface area contributed by atoms with Crippen molar-refractivity contribution in [2.45, 2.75) is 13.2 Å². The molecule has 2 aromatic rings. The highest BCUT2D eigenvalue weighted by Crippen LogP contribution is 2.17. The van der Waals surface area contributed by atoms with Crippen LogP contribution in [-0.2, 0) is 13.2 Å². The van der Waals surface area contributed by atoms with Gasteiger partial charge < -0.3 is 15.6 Å². The Morgan fingerprint density at radius 2 is 1.95 bits per heavy atom. The summed E-state index contributed by atoms with van der Waals surface area (Å²) in [6, 6.07) is 15.0. The van der Waals surface area contributed by atoms with Gasteiger partial charge in [-0.15, -0.1) is 0 Å². The molecule has 0 aromatic heterocycles. The lowest BCUT2D eigenvalue weighted by Gasteiger charge is -2.10. The number of rotatable bonds is 5. The van der Waals surface area contributed by atoms with E-state index in [1.54, 1.807) is 0 Å². The Balaban J connectivity index is 2.12. The van der Waals surface area contributed by atoms with Crippen molar-refractivity contribution in [3.63, 3.8) is 0 Å². The normalized spacial score (nSPS) is 10.2. The molecule has 0 bridgehead atoms. The quantitative estimate of drug-likeness (QED) is 0.821. The van der Waals surface area contributed by atoms with Gasteiger partial charge in [-0.05, 0) is 23.3 Å². The van der Waals surface area contributed by atoms with E-state index in [0.717, 1.165) is 16.7 Å². The average Bonchev–Trinajstić information content (AvgIpc) is 2.45. The van der Waals surface area contributed by atoms with Crippen LogP contribution < -0.4 is 10.5 Å². The first-order chi connectivity index (χ1) is 9.20. The number of nitrogens with two attached hydrogens (primary N) is 1. The molecule has 3 N–H and O–H groups in total. The fraction of sp³-hybridized carbons (Fsp3) is 0.133. The van der Waals surface area contributed by atoms with Gasteiger partial charge >= 0.3 is 0 Å². The summed E-state index contributed by atoms with van der Waals surface area (Å²) in [4.78, 5) is 0.364. The van der Waals surface area contributed by atoms with Crippen molar-refractivity contribution in [2.24, 2.45) is 5.73 Å². The Morgan fingerprint density at radius 3 is 2.68 bits per heavy atom. The second-order valence-corrected chi connectivity index (χ2v) is 4.56. The monoisotopic (exact) mass is 273 g/mol. The van der Waals surface area contributed by atoms with Crippen molar-refractivity contribution in [3.05, 3.63) is 65.2 Å². The molecule has 0 atom stereocenters. The van der Waals surface area contributed by atoms with Gasteiger partial charge in [0.25, 0.3) is 0 Å². The van der Waals surface area contributed by atoms with Crippen LogP contribution in [0.15, 0.2) is 48.5 Å². The minimum atomic E-state index is 0.000668. The van der Waals surface area contributed by atoms with E-state index in [1.807, 2.05) is 48.5 Å². The molecule has 0 heterocycles. The molecule has 2 rings (SSSR count). The number of ether oxygens (including phenoxy) is 1. The van der Waals surface area contributed by atoms with Crippen LogP contribution in [0.2, 0.25) is 0 Å². The summed E-state index contributed by atoms with van der Waals surface area (Å²) < 4.78 is 5.70. The Labute approximate surface area is 117 Å². The zero-order valence-electron chi connectivity index (χ0n) is 10.4. The van der Waals surface area contributed by atoms with Gasteiger partial charge in [-0.1, -0.05) is 48.6 Å². The average molecular weight is 273 g/mol. The maximum atomic E-state index is 9.07. The van der Waals surface area contributed by atoms with Gasteiger partial charge in [-0.3, -0.25) is 0 Å². The van der Waals surface area contributed by atoms with E-state index < -0.39 is 0 Å². The summed E-state index contributed by atoms with van der Waals surface area (Å²) in [5.41, 5.74) is 8.27. The minimum absolute atomic E-state index is 0.000668. The summed E-state index contributed by atoms with van der Waals surface area (Å²) in [7, 11) is 0. The highest BCUT2D eigenvalue weighted by Gasteiger charge is 2.05. The van der Waals surface area contributed by atoms with E-state index >= 15 is 0 Å². The molecule has 0 aliphatic heterocycles. The summed E-state index contributed by atoms with van der Waals surface area (Å²) in [6.07, 6.45) is 0. The molecular formula is C15H15NO2S. The van der Waals surface area contributed by atoms with E-state index in [9.17, 15) is 0 Å². The van der Waals surface area contributed by atoms with Crippen LogP contribution in [0.4, 0.5) is 0 Å². The Kier molecular flexibility index (Phi) is 4.49. The zero-order valence-corrected chi connectivity index (χ0v) is 11.2. The fourth-order valence-corrected chi connectivity index (χ4v) is 1.98. The molecule has 0 saturated carbocycles. The van der Waals surface area contributed by atoms with Crippen molar-refractivity contribution in [2.75, 3.05) is 0 Å². The summed E-state index contributed by atoms with van der Waals surface area (Å²) >= 11 is 5.01. The molecule has 4 heteroatoms. The zero-order chi connectivity index (χ0) is 13.7. The van der Waals surface area contributed by atoms with Crippen LogP contribution in [0.25, 0.3) is 0 Å². The van der Waals surface area contributed by atoms with Crippen LogP contribution in [0, 0.1) is 0 Å². The highest BCUT2D eigenvalue weighted by molar-refractivity contribution is 7.80. The smallest absolute Gasteiger partial charge is 0.120 e. The lowest BCUT2D eigenvalue weighted by molar-refractivity contribution is 0.278. The molecule has 3 nitrogen and oxygen atoms in total. The molecule has 0 aliphatic rings. The van der Waals surface area contributed by atoms with Crippen molar-refractivity contribution in [3.8, 4) is 5.75 Å². The van der Waals surface area contributed by atoms with Gasteiger partial charge in [-0.25, -0.2) is 0 Å². The predicted molar refractivity (Wildman–Crippen MR) is 79.0 cm³/mol. The molecule has 2 aromatic carbocycles. The van der Waals surface area contributed by atoms with Crippen molar-refractivity contribution in [1.29, 1.82) is 0 Å². The van der Waals surface area contributed by atoms with E-state index in [2.05, 4.69) is 0 Å². The van der Waals surface area contributed by atoms with Gasteiger partial charge in [0.2, 0.25) is 0 Å². The van der Waals surface area contributed by atoms with Gasteiger partial charge in [-0.2, -0.15) is 0 Å². The van der Waals surface area contributed by atoms with Crippen molar-refractivity contribution in [1.82, 2.24) is 0 Å². The van der Waals surface area contributed by atoms with E-state index in [1.165, 1.54) is 0 Å². The predicted octanol–water partition coefficient (Wildman–Crippen LogP) is 2.39. The Morgan fingerprint density at radius 1 is 1.16 bits per heavy atom. The van der Waals surface area contributed by atoms with Crippen LogP contribution in [-0.4, -0.2) is 10.1 Å². The lowest BCUT2D eigenvalue weighted by atomic mass is 10.1. The summed E-state index contributed by atoms with van der Waals surface area (Å²) in [6.45, 7) is 0.392. The van der Waals surface area contributed by atoms with E-state index in [-0.39, 0.29) is 6.61 Å². The van der Waals surface area contributed by atoms with Gasteiger partial charge in [0, 0.05) is 5.56 Å². The molecule has 0 radical (unpaired) electrons. The number of hydrogen-bond acceptors (Lipinski definition) is 3. The number of aliphatic hydroxyl groups is 1. The molecule has 0 saturated heterocycles. The first-order valence-corrected chi connectivity index (χ1v) is 6.32. The van der Waals surface area contributed by atoms with Crippen LogP contribution in [0.3, 0.4) is 0 Å². The topological polar surface area (TPSA) is 55.5 Å². The number of aliphatic hydroxyl groups excluding tert-OH is 1. The third kappa shape index (κ3) is 3.53. The molecule has 0 aliphatic carbocycles. The first-order valence-electron chi connectivity index (χ1n) is 5.91. The SMILES string of the molecule is NC(=S)c1ccccc1COc1cccc(CO)c1. The third-order valence-corrected chi connectivity index (χ3v) is 2.98. The standard InChI is InChI=1S/C15H15NO2S/c16-15(19)14-7-2-1-5-12(14)10-18-13-6-3-4-11(8-13)9-17/h1-8,17H,9-10H2,(H2,16,19). The summed E-state index contributed by atoms with van der Waals surface area (Å²) in [5.74, 6) is 0.712. The second-order valence-electron chi connectivity index (χ2n) is 4.12. The lowest BCUT2D eigenvalue weighted by Crippen LogP contribution is -2.13. The molecule has 0 fully saturated rings. The number of hydrogen-bond donors (Lipinski definition) is 2. The second kappa shape index (κ2) is 6.31. The van der Waals surface area contributed by atoms with Crippen molar-refractivity contribution < 1.29 is 9.84 Å². The number of thiocarbonyl (C=S) groups is 1.